The largest absolute Gasteiger partial charge is 0.397 e. The number of benzene rings is 1. The molecule has 1 saturated heterocycles. The van der Waals surface area contributed by atoms with Gasteiger partial charge in [0.25, 0.3) is 5.91 Å². The number of likely N-dealkylation sites (tertiary alicyclic amines) is 1. The van der Waals surface area contributed by atoms with E-state index in [0.717, 1.165) is 25.9 Å². The molecule has 1 fully saturated rings. The summed E-state index contributed by atoms with van der Waals surface area (Å²) in [6.45, 7) is 1.65. The van der Waals surface area contributed by atoms with Crippen molar-refractivity contribution in [1.82, 2.24) is 4.90 Å². The van der Waals surface area contributed by atoms with Crippen LogP contribution in [0.4, 0.5) is 5.69 Å². The predicted molar refractivity (Wildman–Crippen MR) is 61.0 cm³/mol. The van der Waals surface area contributed by atoms with Gasteiger partial charge in [0.2, 0.25) is 0 Å². The molecule has 1 aliphatic rings. The van der Waals surface area contributed by atoms with Crippen molar-refractivity contribution < 1.29 is 4.79 Å². The number of anilines is 1. The van der Waals surface area contributed by atoms with E-state index in [1.54, 1.807) is 18.2 Å². The monoisotopic (exact) mass is 224 g/mol. The standard InChI is InChI=1S/C11H13ClN2O/c12-9-5-3-4-8(10(9)13)11(15)14-6-1-2-7-14/h3-5H,1-2,6-7,13H2. The fraction of sp³-hybridized carbons (Fsp3) is 0.364. The summed E-state index contributed by atoms with van der Waals surface area (Å²) < 4.78 is 0. The summed E-state index contributed by atoms with van der Waals surface area (Å²) >= 11 is 5.87. The van der Waals surface area contributed by atoms with Crippen LogP contribution >= 0.6 is 11.6 Å². The average molecular weight is 225 g/mol. The third-order valence-corrected chi connectivity index (χ3v) is 3.01. The first-order valence-electron chi connectivity index (χ1n) is 5.03. The highest BCUT2D eigenvalue weighted by molar-refractivity contribution is 6.33. The van der Waals surface area contributed by atoms with Crippen molar-refractivity contribution in [2.75, 3.05) is 18.8 Å². The van der Waals surface area contributed by atoms with Crippen molar-refractivity contribution in [2.45, 2.75) is 12.8 Å². The summed E-state index contributed by atoms with van der Waals surface area (Å²) in [7, 11) is 0. The maximum absolute atomic E-state index is 12.0. The van der Waals surface area contributed by atoms with Gasteiger partial charge in [-0.2, -0.15) is 0 Å². The normalized spacial score (nSPS) is 15.7. The van der Waals surface area contributed by atoms with Gasteiger partial charge >= 0.3 is 0 Å². The fourth-order valence-corrected chi connectivity index (χ4v) is 1.99. The number of nitrogens with zero attached hydrogens (tertiary/aromatic N) is 1. The maximum atomic E-state index is 12.0. The van der Waals surface area contributed by atoms with E-state index in [1.165, 1.54) is 0 Å². The van der Waals surface area contributed by atoms with Gasteiger partial charge in [-0.3, -0.25) is 4.79 Å². The van der Waals surface area contributed by atoms with Crippen LogP contribution in [0.1, 0.15) is 23.2 Å². The summed E-state index contributed by atoms with van der Waals surface area (Å²) in [6, 6.07) is 5.17. The highest BCUT2D eigenvalue weighted by Crippen LogP contribution is 2.24. The molecule has 2 N–H and O–H groups in total. The number of carbonyl (C=O) groups is 1. The zero-order chi connectivity index (χ0) is 10.8. The van der Waals surface area contributed by atoms with Gasteiger partial charge in [-0.15, -0.1) is 0 Å². The van der Waals surface area contributed by atoms with Gasteiger partial charge in [-0.05, 0) is 25.0 Å². The highest BCUT2D eigenvalue weighted by atomic mass is 35.5. The molecule has 0 atom stereocenters. The minimum Gasteiger partial charge on any atom is -0.397 e. The van der Waals surface area contributed by atoms with Crippen LogP contribution < -0.4 is 5.73 Å². The molecule has 1 aliphatic heterocycles. The van der Waals surface area contributed by atoms with Crippen LogP contribution in [0.15, 0.2) is 18.2 Å². The Hall–Kier alpha value is -1.22. The molecule has 1 aromatic carbocycles. The maximum Gasteiger partial charge on any atom is 0.255 e. The summed E-state index contributed by atoms with van der Waals surface area (Å²) in [5.74, 6) is -0.00694. The van der Waals surface area contributed by atoms with E-state index in [2.05, 4.69) is 0 Å². The van der Waals surface area contributed by atoms with E-state index >= 15 is 0 Å². The van der Waals surface area contributed by atoms with Gasteiger partial charge in [-0.25, -0.2) is 0 Å². The van der Waals surface area contributed by atoms with E-state index in [9.17, 15) is 4.79 Å². The minimum absolute atomic E-state index is 0.00694. The molecule has 4 heteroatoms. The third-order valence-electron chi connectivity index (χ3n) is 2.68. The molecule has 0 spiro atoms. The van der Waals surface area contributed by atoms with E-state index < -0.39 is 0 Å². The minimum atomic E-state index is -0.00694. The number of para-hydroxylation sites is 1. The smallest absolute Gasteiger partial charge is 0.255 e. The second-order valence-corrected chi connectivity index (χ2v) is 4.11. The van der Waals surface area contributed by atoms with Gasteiger partial charge in [0.05, 0.1) is 16.3 Å². The molecule has 0 aliphatic carbocycles. The number of nitrogens with two attached hydrogens (primary N) is 1. The van der Waals surface area contributed by atoms with Crippen LogP contribution in [0.25, 0.3) is 0 Å². The molecule has 1 aromatic rings. The Morgan fingerprint density at radius 2 is 2.00 bits per heavy atom. The van der Waals surface area contributed by atoms with Crippen LogP contribution in [-0.4, -0.2) is 23.9 Å². The van der Waals surface area contributed by atoms with Crippen LogP contribution in [-0.2, 0) is 0 Å². The summed E-state index contributed by atoms with van der Waals surface area (Å²) in [4.78, 5) is 13.8. The molecule has 3 nitrogen and oxygen atoms in total. The Bertz CT molecular complexity index is 386. The molecule has 1 heterocycles. The van der Waals surface area contributed by atoms with Crippen molar-refractivity contribution in [2.24, 2.45) is 0 Å². The Morgan fingerprint density at radius 1 is 1.33 bits per heavy atom. The van der Waals surface area contributed by atoms with Gasteiger partial charge in [0.15, 0.2) is 0 Å². The van der Waals surface area contributed by atoms with Crippen molar-refractivity contribution >= 4 is 23.2 Å². The highest BCUT2D eigenvalue weighted by Gasteiger charge is 2.21. The molecule has 0 radical (unpaired) electrons. The molecule has 80 valence electrons. The number of rotatable bonds is 1. The van der Waals surface area contributed by atoms with Crippen LogP contribution in [0.5, 0.6) is 0 Å². The topological polar surface area (TPSA) is 46.3 Å². The van der Waals surface area contributed by atoms with Crippen molar-refractivity contribution in [1.29, 1.82) is 0 Å². The second kappa shape index (κ2) is 4.11. The Kier molecular flexibility index (Phi) is 2.82. The third kappa shape index (κ3) is 1.92. The van der Waals surface area contributed by atoms with Crippen molar-refractivity contribution in [3.05, 3.63) is 28.8 Å². The second-order valence-electron chi connectivity index (χ2n) is 3.70. The quantitative estimate of drug-likeness (QED) is 0.743. The number of halogens is 1. The van der Waals surface area contributed by atoms with Crippen LogP contribution in [0.2, 0.25) is 5.02 Å². The molecule has 1 amide bonds. The number of amides is 1. The van der Waals surface area contributed by atoms with E-state index in [0.29, 0.717) is 16.3 Å². The molecular formula is C11H13ClN2O. The number of carbonyl (C=O) groups excluding carboxylic acids is 1. The molecular weight excluding hydrogens is 212 g/mol. The van der Waals surface area contributed by atoms with Gasteiger partial charge in [-0.1, -0.05) is 17.7 Å². The van der Waals surface area contributed by atoms with Gasteiger partial charge in [0.1, 0.15) is 0 Å². The summed E-state index contributed by atoms with van der Waals surface area (Å²) in [5.41, 5.74) is 6.67. The molecule has 0 unspecified atom stereocenters. The lowest BCUT2D eigenvalue weighted by Crippen LogP contribution is -2.28. The fourth-order valence-electron chi connectivity index (χ4n) is 1.81. The van der Waals surface area contributed by atoms with Gasteiger partial charge < -0.3 is 10.6 Å². The first-order chi connectivity index (χ1) is 7.20. The molecule has 0 aromatic heterocycles. The average Bonchev–Trinajstić information content (AvgIpc) is 2.74. The van der Waals surface area contributed by atoms with Crippen LogP contribution in [0.3, 0.4) is 0 Å². The van der Waals surface area contributed by atoms with Crippen molar-refractivity contribution in [3.8, 4) is 0 Å². The number of hydrogen-bond donors (Lipinski definition) is 1. The number of hydrogen-bond acceptors (Lipinski definition) is 2. The zero-order valence-corrected chi connectivity index (χ0v) is 9.13. The van der Waals surface area contributed by atoms with Gasteiger partial charge in [0, 0.05) is 13.1 Å². The Morgan fingerprint density at radius 3 is 2.67 bits per heavy atom. The zero-order valence-electron chi connectivity index (χ0n) is 8.37. The first-order valence-corrected chi connectivity index (χ1v) is 5.41. The number of nitrogen functional groups attached to an aromatic ring is 1. The lowest BCUT2D eigenvalue weighted by molar-refractivity contribution is 0.0794. The molecule has 2 rings (SSSR count). The summed E-state index contributed by atoms with van der Waals surface area (Å²) in [6.07, 6.45) is 2.15. The lowest BCUT2D eigenvalue weighted by Gasteiger charge is -2.16. The predicted octanol–water partition coefficient (Wildman–Crippen LogP) is 2.16. The van der Waals surface area contributed by atoms with E-state index in [1.807, 2.05) is 4.90 Å². The van der Waals surface area contributed by atoms with E-state index in [-0.39, 0.29) is 5.91 Å². The lowest BCUT2D eigenvalue weighted by atomic mass is 10.1. The SMILES string of the molecule is Nc1c(Cl)cccc1C(=O)N1CCCC1. The van der Waals surface area contributed by atoms with E-state index in [4.69, 9.17) is 17.3 Å². The Labute approximate surface area is 93.8 Å². The van der Waals surface area contributed by atoms with Crippen LogP contribution in [0, 0.1) is 0 Å². The molecule has 0 bridgehead atoms. The Balaban J connectivity index is 2.28. The molecule has 15 heavy (non-hydrogen) atoms. The first kappa shape index (κ1) is 10.3. The molecule has 0 saturated carbocycles. The summed E-state index contributed by atoms with van der Waals surface area (Å²) in [5, 5.41) is 0.444. The van der Waals surface area contributed by atoms with Crippen molar-refractivity contribution in [3.63, 3.8) is 0 Å².